The molecular formula is C31H38N4O6S. The van der Waals surface area contributed by atoms with E-state index in [1.807, 2.05) is 49.4 Å². The lowest BCUT2D eigenvalue weighted by atomic mass is 10.1. The quantitative estimate of drug-likeness (QED) is 0.249. The molecule has 0 radical (unpaired) electrons. The fourth-order valence-corrected chi connectivity index (χ4v) is 5.95. The molecule has 2 amide bonds. The third-order valence-corrected chi connectivity index (χ3v) is 8.60. The molecule has 0 unspecified atom stereocenters. The van der Waals surface area contributed by atoms with Crippen LogP contribution in [0.5, 0.6) is 0 Å². The van der Waals surface area contributed by atoms with E-state index in [9.17, 15) is 23.1 Å². The van der Waals surface area contributed by atoms with Crippen LogP contribution in [-0.4, -0.2) is 69.3 Å². The molecule has 0 saturated carbocycles. The zero-order valence-corrected chi connectivity index (χ0v) is 24.6. The van der Waals surface area contributed by atoms with E-state index < -0.39 is 28.1 Å². The Morgan fingerprint density at radius 1 is 0.952 bits per heavy atom. The average Bonchev–Trinajstić information content (AvgIpc) is 2.99. The van der Waals surface area contributed by atoms with Crippen LogP contribution in [0.25, 0.3) is 0 Å². The fourth-order valence-electron chi connectivity index (χ4n) is 4.72. The number of rotatable bonds is 13. The number of hydrogen-bond acceptors (Lipinski definition) is 6. The number of nitrogens with zero attached hydrogens (tertiary/aromatic N) is 2. The lowest BCUT2D eigenvalue weighted by Crippen LogP contribution is -2.43. The first-order valence-electron chi connectivity index (χ1n) is 14.1. The number of amides is 2. The Morgan fingerprint density at radius 2 is 1.62 bits per heavy atom. The highest BCUT2D eigenvalue weighted by Gasteiger charge is 2.26. The topological polar surface area (TPSA) is 128 Å². The number of hydrogen-bond donors (Lipinski definition) is 3. The van der Waals surface area contributed by atoms with Crippen LogP contribution in [0.3, 0.4) is 0 Å². The summed E-state index contributed by atoms with van der Waals surface area (Å²) in [6, 6.07) is 22.1. The van der Waals surface area contributed by atoms with Gasteiger partial charge in [0.25, 0.3) is 0 Å². The predicted molar refractivity (Wildman–Crippen MR) is 162 cm³/mol. The molecule has 1 aliphatic rings. The molecule has 3 aromatic rings. The summed E-state index contributed by atoms with van der Waals surface area (Å²) in [7, 11) is -3.98. The smallest absolute Gasteiger partial charge is 0.407 e. The van der Waals surface area contributed by atoms with E-state index in [1.54, 1.807) is 24.3 Å². The normalized spacial score (nSPS) is 14.3. The number of unbranched alkanes of at least 4 members (excludes halogenated alkanes) is 1. The van der Waals surface area contributed by atoms with Crippen LogP contribution in [0, 0.1) is 6.92 Å². The number of ether oxygens (including phenoxy) is 1. The molecule has 224 valence electrons. The average molecular weight is 595 g/mol. The molecule has 1 aliphatic heterocycles. The van der Waals surface area contributed by atoms with Gasteiger partial charge in [0, 0.05) is 37.6 Å². The van der Waals surface area contributed by atoms with Crippen molar-refractivity contribution in [2.75, 3.05) is 43.1 Å². The maximum Gasteiger partial charge on any atom is 0.407 e. The first-order valence-corrected chi connectivity index (χ1v) is 15.5. The second-order valence-corrected chi connectivity index (χ2v) is 12.0. The summed E-state index contributed by atoms with van der Waals surface area (Å²) in [5.41, 5.74) is 3.37. The Hall–Kier alpha value is -3.93. The number of carbonyl (C=O) groups is 2. The highest BCUT2D eigenvalue weighted by Crippen LogP contribution is 2.20. The van der Waals surface area contributed by atoms with Crippen molar-refractivity contribution in [3.8, 4) is 0 Å². The molecule has 10 nitrogen and oxygen atoms in total. The highest BCUT2D eigenvalue weighted by molar-refractivity contribution is 7.89. The fraction of sp³-hybridized carbons (Fsp3) is 0.355. The van der Waals surface area contributed by atoms with Crippen LogP contribution in [0.15, 0.2) is 83.8 Å². The van der Waals surface area contributed by atoms with Crippen LogP contribution in [0.1, 0.15) is 30.4 Å². The van der Waals surface area contributed by atoms with E-state index in [0.29, 0.717) is 31.7 Å². The molecule has 1 fully saturated rings. The highest BCUT2D eigenvalue weighted by atomic mass is 32.2. The number of carboxylic acid groups (broad SMARTS) is 1. The van der Waals surface area contributed by atoms with Crippen molar-refractivity contribution in [2.24, 2.45) is 0 Å². The molecular weight excluding hydrogens is 556 g/mol. The minimum absolute atomic E-state index is 0.0701. The van der Waals surface area contributed by atoms with Crippen LogP contribution < -0.4 is 14.9 Å². The van der Waals surface area contributed by atoms with Gasteiger partial charge in [-0.2, -0.15) is 4.72 Å². The second kappa shape index (κ2) is 14.8. The Kier molecular flexibility index (Phi) is 10.9. The lowest BCUT2D eigenvalue weighted by Gasteiger charge is -2.29. The summed E-state index contributed by atoms with van der Waals surface area (Å²) in [5.74, 6) is -0.482. The number of benzene rings is 3. The minimum Gasteiger partial charge on any atom is -0.465 e. The zero-order chi connectivity index (χ0) is 30.0. The number of nitrogens with one attached hydrogen (secondary N) is 2. The number of morpholine rings is 1. The summed E-state index contributed by atoms with van der Waals surface area (Å²) in [4.78, 5) is 28.8. The Labute approximate surface area is 247 Å². The zero-order valence-electron chi connectivity index (χ0n) is 23.7. The molecule has 0 aliphatic carbocycles. The Balaban J connectivity index is 1.41. The summed E-state index contributed by atoms with van der Waals surface area (Å²) in [5, 5.41) is 12.5. The monoisotopic (exact) mass is 594 g/mol. The van der Waals surface area contributed by atoms with Crippen molar-refractivity contribution >= 4 is 33.4 Å². The molecule has 0 aromatic heterocycles. The largest absolute Gasteiger partial charge is 0.465 e. The Bertz CT molecular complexity index is 1410. The maximum atomic E-state index is 13.4. The molecule has 0 bridgehead atoms. The molecule has 0 spiro atoms. The molecule has 42 heavy (non-hydrogen) atoms. The summed E-state index contributed by atoms with van der Waals surface area (Å²) in [6.07, 6.45) is 0.0577. The van der Waals surface area contributed by atoms with Crippen molar-refractivity contribution in [3.63, 3.8) is 0 Å². The van der Waals surface area contributed by atoms with E-state index in [1.165, 1.54) is 17.0 Å². The Morgan fingerprint density at radius 3 is 2.26 bits per heavy atom. The maximum absolute atomic E-state index is 13.4. The summed E-state index contributed by atoms with van der Waals surface area (Å²) in [6.45, 7) is 5.28. The number of aryl methyl sites for hydroxylation is 1. The van der Waals surface area contributed by atoms with Crippen LogP contribution >= 0.6 is 0 Å². The van der Waals surface area contributed by atoms with Gasteiger partial charge in [-0.25, -0.2) is 13.2 Å². The molecule has 3 N–H and O–H groups in total. The second-order valence-electron chi connectivity index (χ2n) is 10.3. The van der Waals surface area contributed by atoms with Gasteiger partial charge >= 0.3 is 6.09 Å². The van der Waals surface area contributed by atoms with E-state index >= 15 is 0 Å². The third kappa shape index (κ3) is 9.04. The molecule has 1 saturated heterocycles. The number of anilines is 2. The molecule has 3 aromatic carbocycles. The van der Waals surface area contributed by atoms with Gasteiger partial charge in [-0.05, 0) is 68.1 Å². The van der Waals surface area contributed by atoms with Crippen molar-refractivity contribution in [1.29, 1.82) is 0 Å². The summed E-state index contributed by atoms with van der Waals surface area (Å²) < 4.78 is 34.3. The van der Waals surface area contributed by atoms with Gasteiger partial charge in [0.15, 0.2) is 0 Å². The minimum atomic E-state index is -3.98. The SMILES string of the molecule is Cc1ccc(S(=O)(=O)N[C@@H](CCCCN(Cc2ccccc2)C(=O)O)C(=O)Nc2ccc(N3CCOCC3)cc2)cc1. The van der Waals surface area contributed by atoms with E-state index in [2.05, 4.69) is 14.9 Å². The third-order valence-electron chi connectivity index (χ3n) is 7.11. The summed E-state index contributed by atoms with van der Waals surface area (Å²) >= 11 is 0. The number of carbonyl (C=O) groups excluding carboxylic acids is 1. The first kappa shape index (κ1) is 31.0. The molecule has 4 rings (SSSR count). The molecule has 1 heterocycles. The van der Waals surface area contributed by atoms with E-state index in [0.717, 1.165) is 29.9 Å². The lowest BCUT2D eigenvalue weighted by molar-refractivity contribution is -0.117. The number of sulfonamides is 1. The molecule has 1 atom stereocenters. The standard InChI is InChI=1S/C31H38N4O6S/c1-24-10-16-28(17-11-24)42(39,40)33-29(9-5-6-18-35(31(37)38)23-25-7-3-2-4-8-25)30(36)32-26-12-14-27(15-13-26)34-19-21-41-22-20-34/h2-4,7-8,10-17,29,33H,5-6,9,18-23H2,1H3,(H,32,36)(H,37,38)/t29-/m0/s1. The van der Waals surface area contributed by atoms with Crippen molar-refractivity contribution in [3.05, 3.63) is 90.0 Å². The van der Waals surface area contributed by atoms with Crippen LogP contribution in [-0.2, 0) is 26.1 Å². The van der Waals surface area contributed by atoms with Gasteiger partial charge in [0.05, 0.1) is 18.1 Å². The van der Waals surface area contributed by atoms with Crippen LogP contribution in [0.2, 0.25) is 0 Å². The van der Waals surface area contributed by atoms with Gasteiger partial charge in [-0.15, -0.1) is 0 Å². The van der Waals surface area contributed by atoms with Gasteiger partial charge in [0.2, 0.25) is 15.9 Å². The first-order chi connectivity index (χ1) is 20.2. The molecule has 11 heteroatoms. The van der Waals surface area contributed by atoms with Crippen molar-refractivity contribution in [2.45, 2.75) is 43.7 Å². The van der Waals surface area contributed by atoms with Gasteiger partial charge < -0.3 is 25.0 Å². The van der Waals surface area contributed by atoms with Crippen molar-refractivity contribution in [1.82, 2.24) is 9.62 Å². The van der Waals surface area contributed by atoms with Crippen molar-refractivity contribution < 1.29 is 27.9 Å². The van der Waals surface area contributed by atoms with E-state index in [-0.39, 0.29) is 24.4 Å². The van der Waals surface area contributed by atoms with Gasteiger partial charge in [-0.3, -0.25) is 4.79 Å². The van der Waals surface area contributed by atoms with Gasteiger partial charge in [0.1, 0.15) is 6.04 Å². The van der Waals surface area contributed by atoms with E-state index in [4.69, 9.17) is 4.74 Å². The van der Waals surface area contributed by atoms with Gasteiger partial charge in [-0.1, -0.05) is 48.0 Å². The predicted octanol–water partition coefficient (Wildman–Crippen LogP) is 4.47. The van der Waals surface area contributed by atoms with Crippen LogP contribution in [0.4, 0.5) is 16.2 Å².